The van der Waals surface area contributed by atoms with E-state index in [-0.39, 0.29) is 0 Å². The summed E-state index contributed by atoms with van der Waals surface area (Å²) in [6.45, 7) is 2.64. The Morgan fingerprint density at radius 2 is 2.16 bits per heavy atom. The summed E-state index contributed by atoms with van der Waals surface area (Å²) >= 11 is 5.98. The van der Waals surface area contributed by atoms with E-state index in [1.807, 2.05) is 43.1 Å². The fourth-order valence-corrected chi connectivity index (χ4v) is 2.17. The molecule has 19 heavy (non-hydrogen) atoms. The van der Waals surface area contributed by atoms with E-state index >= 15 is 0 Å². The van der Waals surface area contributed by atoms with Gasteiger partial charge in [-0.3, -0.25) is 0 Å². The number of halogens is 1. The van der Waals surface area contributed by atoms with Gasteiger partial charge in [-0.25, -0.2) is 15.8 Å². The van der Waals surface area contributed by atoms with Gasteiger partial charge in [0, 0.05) is 24.2 Å². The highest BCUT2D eigenvalue weighted by Gasteiger charge is 2.10. The number of nitrogens with two attached hydrogens (primary N) is 1. The zero-order chi connectivity index (χ0) is 13.8. The van der Waals surface area contributed by atoms with Crippen LogP contribution in [0.3, 0.4) is 0 Å². The molecule has 0 spiro atoms. The summed E-state index contributed by atoms with van der Waals surface area (Å²) in [4.78, 5) is 10.4. The van der Waals surface area contributed by atoms with Gasteiger partial charge in [0.2, 0.25) is 0 Å². The van der Waals surface area contributed by atoms with E-state index in [1.165, 1.54) is 6.33 Å². The summed E-state index contributed by atoms with van der Waals surface area (Å²) < 4.78 is 0. The summed E-state index contributed by atoms with van der Waals surface area (Å²) in [7, 11) is 1.97. The Kier molecular flexibility index (Phi) is 4.19. The predicted molar refractivity (Wildman–Crippen MR) is 78.1 cm³/mol. The number of aromatic nitrogens is 2. The lowest BCUT2D eigenvalue weighted by atomic mass is 10.2. The van der Waals surface area contributed by atoms with Crippen molar-refractivity contribution in [2.75, 3.05) is 17.4 Å². The minimum Gasteiger partial charge on any atom is -0.355 e. The summed E-state index contributed by atoms with van der Waals surface area (Å²) in [5.41, 5.74) is 4.60. The molecule has 0 aliphatic heterocycles. The van der Waals surface area contributed by atoms with Crippen LogP contribution in [-0.2, 0) is 6.54 Å². The third-order valence-corrected chi connectivity index (χ3v) is 3.10. The number of hydrazine groups is 1. The van der Waals surface area contributed by atoms with Crippen LogP contribution in [0.5, 0.6) is 0 Å². The van der Waals surface area contributed by atoms with Crippen LogP contribution in [0.15, 0.2) is 30.6 Å². The molecule has 3 N–H and O–H groups in total. The molecule has 0 radical (unpaired) electrons. The summed E-state index contributed by atoms with van der Waals surface area (Å²) in [6, 6.07) is 7.76. The van der Waals surface area contributed by atoms with Gasteiger partial charge in [-0.05, 0) is 24.6 Å². The minimum atomic E-state index is 0.628. The highest BCUT2D eigenvalue weighted by molar-refractivity contribution is 6.30. The van der Waals surface area contributed by atoms with E-state index in [2.05, 4.69) is 15.4 Å². The van der Waals surface area contributed by atoms with Gasteiger partial charge in [0.15, 0.2) is 0 Å². The lowest BCUT2D eigenvalue weighted by Crippen LogP contribution is -2.20. The molecule has 1 aromatic heterocycles. The van der Waals surface area contributed by atoms with Crippen LogP contribution in [0, 0.1) is 6.92 Å². The van der Waals surface area contributed by atoms with Crippen molar-refractivity contribution >= 4 is 23.2 Å². The fraction of sp³-hybridized carbons (Fsp3) is 0.231. The quantitative estimate of drug-likeness (QED) is 0.663. The topological polar surface area (TPSA) is 67.1 Å². The molecular weight excluding hydrogens is 262 g/mol. The third-order valence-electron chi connectivity index (χ3n) is 2.86. The van der Waals surface area contributed by atoms with E-state index in [0.717, 1.165) is 22.0 Å². The lowest BCUT2D eigenvalue weighted by molar-refractivity contribution is 0.882. The number of rotatable bonds is 4. The average molecular weight is 278 g/mol. The Morgan fingerprint density at radius 1 is 1.37 bits per heavy atom. The van der Waals surface area contributed by atoms with E-state index in [1.54, 1.807) is 0 Å². The van der Waals surface area contributed by atoms with Crippen LogP contribution in [-0.4, -0.2) is 17.0 Å². The molecule has 0 fully saturated rings. The third kappa shape index (κ3) is 3.13. The second-order valence-corrected chi connectivity index (χ2v) is 4.74. The number of hydrogen-bond donors (Lipinski definition) is 2. The van der Waals surface area contributed by atoms with E-state index < -0.39 is 0 Å². The molecule has 0 bridgehead atoms. The molecule has 5 nitrogen and oxygen atoms in total. The molecule has 2 rings (SSSR count). The average Bonchev–Trinajstić information content (AvgIpc) is 2.39. The summed E-state index contributed by atoms with van der Waals surface area (Å²) in [6.07, 6.45) is 1.49. The first-order valence-corrected chi connectivity index (χ1v) is 6.23. The first-order valence-electron chi connectivity index (χ1n) is 5.85. The summed E-state index contributed by atoms with van der Waals surface area (Å²) in [5.74, 6) is 6.88. The minimum absolute atomic E-state index is 0.628. The smallest absolute Gasteiger partial charge is 0.148 e. The SMILES string of the molecule is Cc1c(NN)ncnc1N(C)Cc1cccc(Cl)c1. The first-order chi connectivity index (χ1) is 9.11. The van der Waals surface area contributed by atoms with Gasteiger partial charge in [0.1, 0.15) is 18.0 Å². The number of anilines is 2. The lowest BCUT2D eigenvalue weighted by Gasteiger charge is -2.21. The van der Waals surface area contributed by atoms with E-state index in [0.29, 0.717) is 12.4 Å². The molecule has 6 heteroatoms. The second-order valence-electron chi connectivity index (χ2n) is 4.30. The van der Waals surface area contributed by atoms with Crippen LogP contribution in [0.1, 0.15) is 11.1 Å². The first kappa shape index (κ1) is 13.6. The van der Waals surface area contributed by atoms with Crippen molar-refractivity contribution < 1.29 is 0 Å². The predicted octanol–water partition coefficient (Wildman–Crippen LogP) is 2.36. The molecule has 0 aliphatic carbocycles. The van der Waals surface area contributed by atoms with Crippen molar-refractivity contribution in [2.24, 2.45) is 5.84 Å². The zero-order valence-electron chi connectivity index (χ0n) is 10.9. The van der Waals surface area contributed by atoms with E-state index in [9.17, 15) is 0 Å². The highest BCUT2D eigenvalue weighted by Crippen LogP contribution is 2.22. The van der Waals surface area contributed by atoms with Gasteiger partial charge in [-0.1, -0.05) is 23.7 Å². The molecule has 1 aromatic carbocycles. The van der Waals surface area contributed by atoms with Crippen LogP contribution in [0.25, 0.3) is 0 Å². The van der Waals surface area contributed by atoms with Crippen molar-refractivity contribution in [3.8, 4) is 0 Å². The van der Waals surface area contributed by atoms with Crippen molar-refractivity contribution in [3.63, 3.8) is 0 Å². The molecule has 0 amide bonds. The fourth-order valence-electron chi connectivity index (χ4n) is 1.96. The van der Waals surface area contributed by atoms with Crippen LogP contribution in [0.4, 0.5) is 11.6 Å². The van der Waals surface area contributed by atoms with Gasteiger partial charge < -0.3 is 10.3 Å². The van der Waals surface area contributed by atoms with Gasteiger partial charge in [0.25, 0.3) is 0 Å². The molecule has 0 aliphatic rings. The van der Waals surface area contributed by atoms with Crippen molar-refractivity contribution in [1.29, 1.82) is 0 Å². The number of nitrogen functional groups attached to an aromatic ring is 1. The zero-order valence-corrected chi connectivity index (χ0v) is 11.6. The Balaban J connectivity index is 2.23. The Labute approximate surface area is 117 Å². The van der Waals surface area contributed by atoms with Crippen LogP contribution < -0.4 is 16.2 Å². The monoisotopic (exact) mass is 277 g/mol. The largest absolute Gasteiger partial charge is 0.355 e. The van der Waals surface area contributed by atoms with Crippen molar-refractivity contribution in [1.82, 2.24) is 9.97 Å². The number of benzene rings is 1. The molecular formula is C13H16ClN5. The molecule has 2 aromatic rings. The van der Waals surface area contributed by atoms with Crippen LogP contribution in [0.2, 0.25) is 5.02 Å². The standard InChI is InChI=1S/C13H16ClN5/c1-9-12(18-15)16-8-17-13(9)19(2)7-10-4-3-5-11(14)6-10/h3-6,8H,7,15H2,1-2H3,(H,16,17,18). The molecule has 0 saturated carbocycles. The maximum Gasteiger partial charge on any atom is 0.148 e. The molecule has 0 saturated heterocycles. The van der Waals surface area contributed by atoms with E-state index in [4.69, 9.17) is 17.4 Å². The van der Waals surface area contributed by atoms with Gasteiger partial charge in [0.05, 0.1) is 0 Å². The number of nitrogens with zero attached hydrogens (tertiary/aromatic N) is 3. The summed E-state index contributed by atoms with van der Waals surface area (Å²) in [5, 5.41) is 0.731. The van der Waals surface area contributed by atoms with Gasteiger partial charge >= 0.3 is 0 Å². The van der Waals surface area contributed by atoms with Crippen LogP contribution >= 0.6 is 11.6 Å². The molecule has 0 atom stereocenters. The number of hydrogen-bond acceptors (Lipinski definition) is 5. The van der Waals surface area contributed by atoms with Crippen molar-refractivity contribution in [3.05, 3.63) is 46.7 Å². The molecule has 100 valence electrons. The Morgan fingerprint density at radius 3 is 2.84 bits per heavy atom. The van der Waals surface area contributed by atoms with Crippen molar-refractivity contribution in [2.45, 2.75) is 13.5 Å². The highest BCUT2D eigenvalue weighted by atomic mass is 35.5. The Hall–Kier alpha value is -1.85. The molecule has 1 heterocycles. The maximum atomic E-state index is 5.98. The Bertz CT molecular complexity index is 573. The molecule has 0 unspecified atom stereocenters. The van der Waals surface area contributed by atoms with Gasteiger partial charge in [-0.15, -0.1) is 0 Å². The maximum absolute atomic E-state index is 5.98. The number of nitrogens with one attached hydrogen (secondary N) is 1. The van der Waals surface area contributed by atoms with Gasteiger partial charge in [-0.2, -0.15) is 0 Å². The normalized spacial score (nSPS) is 10.3. The second kappa shape index (κ2) is 5.86.